The van der Waals surface area contributed by atoms with Crippen LogP contribution >= 0.6 is 22.6 Å². The van der Waals surface area contributed by atoms with Crippen LogP contribution in [0.25, 0.3) is 0 Å². The maximum Gasteiger partial charge on any atom is 0.229 e. The Balaban J connectivity index is 1.73. The zero-order valence-electron chi connectivity index (χ0n) is 16.3. The molecule has 1 unspecified atom stereocenters. The largest absolute Gasteiger partial charge is 0.359 e. The fraction of sp³-hybridized carbons (Fsp3) is 0.476. The summed E-state index contributed by atoms with van der Waals surface area (Å²) in [5.74, 6) is 1.54. The second-order valence-corrected chi connectivity index (χ2v) is 8.84. The third-order valence-corrected chi connectivity index (χ3v) is 6.67. The molecule has 6 nitrogen and oxygen atoms in total. The van der Waals surface area contributed by atoms with Crippen LogP contribution in [-0.2, 0) is 4.79 Å². The van der Waals surface area contributed by atoms with Crippen molar-refractivity contribution < 1.29 is 4.79 Å². The Kier molecular flexibility index (Phi) is 5.70. The van der Waals surface area contributed by atoms with Gasteiger partial charge in [-0.3, -0.25) is 0 Å². The number of carbonyl (C=O) groups is 1. The average Bonchev–Trinajstić information content (AvgIpc) is 3.23. The van der Waals surface area contributed by atoms with Crippen molar-refractivity contribution in [3.63, 3.8) is 0 Å². The van der Waals surface area contributed by atoms with Gasteiger partial charge in [-0.1, -0.05) is 19.8 Å². The Bertz CT molecular complexity index is 837. The highest BCUT2D eigenvalue weighted by Gasteiger charge is 2.41. The molecule has 2 aromatic rings. The van der Waals surface area contributed by atoms with Crippen molar-refractivity contribution in [2.24, 2.45) is 0 Å². The SMILES string of the molecule is CC[C@@H]1C(C=O)N(C)c2cnc(Nc3ccc(I)cc3)nc2N1C1CCCC1. The fourth-order valence-corrected chi connectivity index (χ4v) is 4.87. The number of fused-ring (bicyclic) bond motifs is 1. The van der Waals surface area contributed by atoms with E-state index in [0.29, 0.717) is 12.0 Å². The highest BCUT2D eigenvalue weighted by molar-refractivity contribution is 14.1. The maximum absolute atomic E-state index is 11.9. The number of aldehydes is 1. The zero-order valence-corrected chi connectivity index (χ0v) is 18.5. The van der Waals surface area contributed by atoms with Gasteiger partial charge in [0.15, 0.2) is 5.82 Å². The van der Waals surface area contributed by atoms with Crippen molar-refractivity contribution in [2.75, 3.05) is 22.2 Å². The molecule has 0 saturated heterocycles. The van der Waals surface area contributed by atoms with Crippen LogP contribution in [0.2, 0.25) is 0 Å². The number of aromatic nitrogens is 2. The Morgan fingerprint density at radius 2 is 1.96 bits per heavy atom. The molecule has 2 atom stereocenters. The fourth-order valence-electron chi connectivity index (χ4n) is 4.51. The highest BCUT2D eigenvalue weighted by Crippen LogP contribution is 2.41. The lowest BCUT2D eigenvalue weighted by Gasteiger charge is -2.48. The summed E-state index contributed by atoms with van der Waals surface area (Å²) in [4.78, 5) is 25.8. The number of nitrogens with one attached hydrogen (secondary N) is 1. The molecule has 1 N–H and O–H groups in total. The minimum Gasteiger partial charge on any atom is -0.359 e. The van der Waals surface area contributed by atoms with Gasteiger partial charge in [-0.05, 0) is 66.1 Å². The minimum absolute atomic E-state index is 0.138. The second kappa shape index (κ2) is 8.23. The molecule has 148 valence electrons. The Morgan fingerprint density at radius 1 is 1.25 bits per heavy atom. The van der Waals surface area contributed by atoms with E-state index in [9.17, 15) is 4.79 Å². The van der Waals surface area contributed by atoms with E-state index in [-0.39, 0.29) is 12.1 Å². The number of hydrogen-bond donors (Lipinski definition) is 1. The molecule has 1 aliphatic heterocycles. The van der Waals surface area contributed by atoms with Crippen LogP contribution in [-0.4, -0.2) is 41.4 Å². The molecule has 4 rings (SSSR count). The number of rotatable bonds is 5. The van der Waals surface area contributed by atoms with Gasteiger partial charge in [0.05, 0.1) is 17.9 Å². The number of halogens is 1. The molecule has 0 radical (unpaired) electrons. The normalized spacial score (nSPS) is 22.2. The molecule has 28 heavy (non-hydrogen) atoms. The molecule has 0 spiro atoms. The molecule has 0 bridgehead atoms. The molecular weight excluding hydrogens is 465 g/mol. The van der Waals surface area contributed by atoms with Crippen molar-refractivity contribution in [2.45, 2.75) is 57.2 Å². The summed E-state index contributed by atoms with van der Waals surface area (Å²) in [6, 6.07) is 8.59. The van der Waals surface area contributed by atoms with Crippen LogP contribution in [0.1, 0.15) is 39.0 Å². The van der Waals surface area contributed by atoms with Crippen molar-refractivity contribution in [3.05, 3.63) is 34.0 Å². The molecule has 2 heterocycles. The van der Waals surface area contributed by atoms with Gasteiger partial charge in [0, 0.05) is 22.3 Å². The molecule has 0 amide bonds. The van der Waals surface area contributed by atoms with E-state index in [1.165, 1.54) is 16.4 Å². The molecule has 7 heteroatoms. The number of carbonyl (C=O) groups excluding carboxylic acids is 1. The lowest BCUT2D eigenvalue weighted by Crippen LogP contribution is -2.58. The second-order valence-electron chi connectivity index (χ2n) is 7.59. The molecule has 1 aromatic carbocycles. The summed E-state index contributed by atoms with van der Waals surface area (Å²) in [5.41, 5.74) is 1.90. The zero-order chi connectivity index (χ0) is 19.7. The smallest absolute Gasteiger partial charge is 0.229 e. The molecule has 1 saturated carbocycles. The molecule has 1 fully saturated rings. The van der Waals surface area contributed by atoms with E-state index >= 15 is 0 Å². The van der Waals surface area contributed by atoms with Gasteiger partial charge >= 0.3 is 0 Å². The molecule has 1 aliphatic carbocycles. The first kappa shape index (κ1) is 19.4. The van der Waals surface area contributed by atoms with Crippen molar-refractivity contribution in [3.8, 4) is 0 Å². The predicted octanol–water partition coefficient (Wildman–Crippen LogP) is 4.37. The first-order valence-corrected chi connectivity index (χ1v) is 11.1. The van der Waals surface area contributed by atoms with Crippen molar-refractivity contribution in [1.29, 1.82) is 0 Å². The third kappa shape index (κ3) is 3.56. The Labute approximate surface area is 179 Å². The van der Waals surface area contributed by atoms with Gasteiger partial charge < -0.3 is 19.9 Å². The number of likely N-dealkylation sites (N-methyl/N-ethyl adjacent to an activating group) is 1. The van der Waals surface area contributed by atoms with Gasteiger partial charge in [-0.25, -0.2) is 4.98 Å². The maximum atomic E-state index is 11.9. The number of benzene rings is 1. The van der Waals surface area contributed by atoms with Gasteiger partial charge in [0.1, 0.15) is 12.3 Å². The quantitative estimate of drug-likeness (QED) is 0.495. The average molecular weight is 491 g/mol. The van der Waals surface area contributed by atoms with Gasteiger partial charge in [0.2, 0.25) is 5.95 Å². The van der Waals surface area contributed by atoms with E-state index in [1.807, 2.05) is 30.3 Å². The van der Waals surface area contributed by atoms with Crippen LogP contribution in [0, 0.1) is 3.57 Å². The summed E-state index contributed by atoms with van der Waals surface area (Å²) in [6.07, 6.45) is 8.65. The summed E-state index contributed by atoms with van der Waals surface area (Å²) in [7, 11) is 1.97. The standard InChI is InChI=1S/C21H26IN5O/c1-3-17-19(13-28)26(2)18-12-23-21(24-15-10-8-14(22)9-11-15)25-20(18)27(17)16-6-4-5-7-16/h8-13,16-17,19H,3-7H2,1-2H3,(H,23,24,25)/t17-,19?/m1/s1. The third-order valence-electron chi connectivity index (χ3n) is 5.95. The number of hydrogen-bond acceptors (Lipinski definition) is 6. The van der Waals surface area contributed by atoms with Gasteiger partial charge in [0.25, 0.3) is 0 Å². The van der Waals surface area contributed by atoms with E-state index < -0.39 is 0 Å². The molecular formula is C21H26IN5O. The lowest BCUT2D eigenvalue weighted by atomic mass is 9.97. The van der Waals surface area contributed by atoms with Crippen LogP contribution in [0.5, 0.6) is 0 Å². The van der Waals surface area contributed by atoms with E-state index in [0.717, 1.165) is 42.7 Å². The number of anilines is 4. The summed E-state index contributed by atoms with van der Waals surface area (Å²) in [6.45, 7) is 2.16. The minimum atomic E-state index is -0.170. The van der Waals surface area contributed by atoms with Crippen LogP contribution in [0.4, 0.5) is 23.1 Å². The van der Waals surface area contributed by atoms with E-state index in [4.69, 9.17) is 4.98 Å². The van der Waals surface area contributed by atoms with Crippen molar-refractivity contribution >= 4 is 52.0 Å². The van der Waals surface area contributed by atoms with Crippen LogP contribution < -0.4 is 15.1 Å². The van der Waals surface area contributed by atoms with Gasteiger partial charge in [-0.15, -0.1) is 0 Å². The van der Waals surface area contributed by atoms with Crippen LogP contribution in [0.3, 0.4) is 0 Å². The first-order valence-electron chi connectivity index (χ1n) is 9.98. The summed E-state index contributed by atoms with van der Waals surface area (Å²) in [5, 5.41) is 3.32. The summed E-state index contributed by atoms with van der Waals surface area (Å²) >= 11 is 2.29. The molecule has 1 aromatic heterocycles. The lowest BCUT2D eigenvalue weighted by molar-refractivity contribution is -0.109. The van der Waals surface area contributed by atoms with Gasteiger partial charge in [-0.2, -0.15) is 4.98 Å². The highest BCUT2D eigenvalue weighted by atomic mass is 127. The Morgan fingerprint density at radius 3 is 2.61 bits per heavy atom. The molecule has 2 aliphatic rings. The Hall–Kier alpha value is -1.90. The van der Waals surface area contributed by atoms with Crippen LogP contribution in [0.15, 0.2) is 30.5 Å². The number of nitrogens with zero attached hydrogens (tertiary/aromatic N) is 4. The van der Waals surface area contributed by atoms with E-state index in [2.05, 4.69) is 56.8 Å². The van der Waals surface area contributed by atoms with E-state index in [1.54, 1.807) is 0 Å². The monoisotopic (exact) mass is 491 g/mol. The summed E-state index contributed by atoms with van der Waals surface area (Å²) < 4.78 is 1.19. The predicted molar refractivity (Wildman–Crippen MR) is 122 cm³/mol. The first-order chi connectivity index (χ1) is 13.6. The van der Waals surface area contributed by atoms with Crippen molar-refractivity contribution in [1.82, 2.24) is 9.97 Å². The topological polar surface area (TPSA) is 61.4 Å².